The predicted octanol–water partition coefficient (Wildman–Crippen LogP) is 1.19. The number of carbonyl (C=O) groups excluding carboxylic acids is 6. The lowest BCUT2D eigenvalue weighted by atomic mass is 10.2. The number of urea groups is 3. The summed E-state index contributed by atoms with van der Waals surface area (Å²) in [6.07, 6.45) is 3.74. The van der Waals surface area contributed by atoms with Crippen molar-refractivity contribution in [3.8, 4) is 0 Å². The third-order valence-corrected chi connectivity index (χ3v) is 9.05. The first-order valence-corrected chi connectivity index (χ1v) is 22.0. The average molecular weight is 959 g/mol. The van der Waals surface area contributed by atoms with Crippen molar-refractivity contribution in [1.29, 1.82) is 0 Å². The van der Waals surface area contributed by atoms with E-state index in [1.807, 2.05) is 0 Å². The van der Waals surface area contributed by atoms with Crippen molar-refractivity contribution in [2.24, 2.45) is 0 Å². The Morgan fingerprint density at radius 2 is 0.765 bits per heavy atom. The lowest BCUT2D eigenvalue weighted by Gasteiger charge is -2.22. The van der Waals surface area contributed by atoms with Crippen LogP contribution in [0.25, 0.3) is 0 Å². The van der Waals surface area contributed by atoms with Gasteiger partial charge < -0.3 is 61.1 Å². The third kappa shape index (κ3) is 25.6. The Morgan fingerprint density at radius 1 is 0.456 bits per heavy atom. The van der Waals surface area contributed by atoms with Crippen molar-refractivity contribution >= 4 is 54.2 Å². The number of ether oxygens (including phenoxy) is 3. The van der Waals surface area contributed by atoms with Crippen molar-refractivity contribution < 1.29 is 43.0 Å². The van der Waals surface area contributed by atoms with Gasteiger partial charge in [-0.25, -0.2) is 28.8 Å². The van der Waals surface area contributed by atoms with Crippen LogP contribution in [0.2, 0.25) is 0 Å². The van der Waals surface area contributed by atoms with E-state index in [4.69, 9.17) is 14.2 Å². The highest BCUT2D eigenvalue weighted by Gasteiger charge is 2.13. The molecule has 3 aromatic rings. The van der Waals surface area contributed by atoms with E-state index < -0.39 is 53.1 Å². The van der Waals surface area contributed by atoms with E-state index in [1.54, 1.807) is 25.7 Å². The molecule has 374 valence electrons. The number of nitrogens with zero attached hydrogens (tertiary/aromatic N) is 4. The fourth-order valence-corrected chi connectivity index (χ4v) is 5.85. The summed E-state index contributed by atoms with van der Waals surface area (Å²) in [5.41, 5.74) is 0.152. The second-order valence-electron chi connectivity index (χ2n) is 14.9. The van der Waals surface area contributed by atoms with Gasteiger partial charge in [0.15, 0.2) is 0 Å². The summed E-state index contributed by atoms with van der Waals surface area (Å²) in [6, 6.07) is 2.15. The van der Waals surface area contributed by atoms with E-state index in [0.717, 1.165) is 25.7 Å². The number of amides is 9. The summed E-state index contributed by atoms with van der Waals surface area (Å²) < 4.78 is 15.8. The number of hydrogen-bond donors (Lipinski definition) is 12. The van der Waals surface area contributed by atoms with E-state index in [9.17, 15) is 43.2 Å². The number of alkyl carbamates (subject to hydrolysis) is 3. The quantitative estimate of drug-likeness (QED) is 0.0276. The van der Waals surface area contributed by atoms with Crippen molar-refractivity contribution in [1.82, 2.24) is 66.7 Å². The summed E-state index contributed by atoms with van der Waals surface area (Å²) in [6.45, 7) is 6.59. The number of carbonyl (C=O) groups is 6. The topological polar surface area (TPSA) is 379 Å². The molecule has 0 aromatic carbocycles. The number of rotatable bonds is 28. The highest BCUT2D eigenvalue weighted by molar-refractivity contribution is 5.88. The van der Waals surface area contributed by atoms with E-state index >= 15 is 0 Å². The first kappa shape index (κ1) is 54.6. The minimum atomic E-state index is -0.842. The minimum Gasteiger partial charge on any atom is -0.448 e. The second-order valence-corrected chi connectivity index (χ2v) is 14.9. The van der Waals surface area contributed by atoms with Crippen molar-refractivity contribution in [2.45, 2.75) is 72.1 Å². The summed E-state index contributed by atoms with van der Waals surface area (Å²) in [5.74, 6) is 0.0436. The van der Waals surface area contributed by atoms with E-state index in [0.29, 0.717) is 68.9 Å². The predicted molar refractivity (Wildman–Crippen MR) is 246 cm³/mol. The maximum atomic E-state index is 12.3. The molecular weight excluding hydrogens is 897 g/mol. The molecule has 3 aromatic heterocycles. The van der Waals surface area contributed by atoms with Crippen LogP contribution in [-0.4, -0.2) is 143 Å². The average Bonchev–Trinajstić information content (AvgIpc) is 3.24. The Kier molecular flexibility index (Phi) is 25.0. The highest BCUT2D eigenvalue weighted by atomic mass is 16.6. The Hall–Kier alpha value is -7.78. The summed E-state index contributed by atoms with van der Waals surface area (Å²) in [4.78, 5) is 129. The number of nitrogens with one attached hydrogen (secondary N) is 12. The Morgan fingerprint density at radius 3 is 1.10 bits per heavy atom. The molecule has 0 aliphatic heterocycles. The van der Waals surface area contributed by atoms with Gasteiger partial charge in [0.05, 0.1) is 6.67 Å². The van der Waals surface area contributed by atoms with Crippen molar-refractivity contribution in [2.75, 3.05) is 88.3 Å². The van der Waals surface area contributed by atoms with Crippen LogP contribution >= 0.6 is 0 Å². The molecule has 0 bridgehead atoms. The van der Waals surface area contributed by atoms with Crippen molar-refractivity contribution in [3.63, 3.8) is 0 Å². The van der Waals surface area contributed by atoms with E-state index in [-0.39, 0.29) is 64.0 Å². The Bertz CT molecular complexity index is 2160. The van der Waals surface area contributed by atoms with Crippen LogP contribution in [0, 0.1) is 20.8 Å². The fourth-order valence-electron chi connectivity index (χ4n) is 5.85. The first-order chi connectivity index (χ1) is 32.6. The molecule has 9 amide bonds. The summed E-state index contributed by atoms with van der Waals surface area (Å²) >= 11 is 0. The summed E-state index contributed by atoms with van der Waals surface area (Å²) in [5, 5.41) is 22.8. The Balaban J connectivity index is 1.29. The standard InChI is InChI=1S/C40H62N16O12/c1-26-22-29(57)50-32(47-26)53-35(60)41-12-8-4-6-10-14-43-38(63)66-19-16-56(18-21-68-40(65)46-25-45-37(62)55-34-49-28(3)24-31(59)52-34)17-20-67-39(64)44-15-11-7-5-9-13-42-36(61)54-33-48-27(2)23-30(58)51-33/h22-24H,4-21,25H2,1-3H3,(H,43,63)(H,44,64)(H,46,65)(H3,41,47,50,53,57,60)(H3,42,48,51,54,58,61)(H3,45,49,52,55,59,62). The molecule has 0 fully saturated rings. The van der Waals surface area contributed by atoms with Crippen molar-refractivity contribution in [3.05, 3.63) is 66.3 Å². The SMILES string of the molecule is Cc1cc(=O)nc(NC(=O)NCCCCCCNC(=O)OCCN(CCOC(=O)NCCCCCCNC(=O)Nc2nc(=O)cc(C)[nH]2)CCOC(=O)NCNC(=O)Nc2nc(=O)cc(C)[nH]2)[nH]1. The summed E-state index contributed by atoms with van der Waals surface area (Å²) in [7, 11) is 0. The molecule has 0 saturated heterocycles. The molecule has 28 nitrogen and oxygen atoms in total. The minimum absolute atomic E-state index is 0.0327. The number of aromatic amines is 3. The Labute approximate surface area is 390 Å². The van der Waals surface area contributed by atoms with E-state index in [1.165, 1.54) is 18.2 Å². The molecule has 3 heterocycles. The van der Waals surface area contributed by atoms with Crippen LogP contribution < -0.4 is 64.5 Å². The lowest BCUT2D eigenvalue weighted by molar-refractivity contribution is 0.0898. The number of aryl methyl sites for hydroxylation is 3. The van der Waals surface area contributed by atoms with Crippen LogP contribution in [0.3, 0.4) is 0 Å². The van der Waals surface area contributed by atoms with Crippen LogP contribution in [-0.2, 0) is 14.2 Å². The first-order valence-electron chi connectivity index (χ1n) is 22.0. The molecule has 0 radical (unpaired) electrons. The maximum Gasteiger partial charge on any atom is 0.408 e. The number of H-pyrrole nitrogens is 3. The van der Waals surface area contributed by atoms with Gasteiger partial charge in [-0.2, -0.15) is 15.0 Å². The zero-order valence-corrected chi connectivity index (χ0v) is 38.4. The van der Waals surface area contributed by atoms with E-state index in [2.05, 4.69) is 77.8 Å². The normalized spacial score (nSPS) is 10.6. The monoisotopic (exact) mass is 958 g/mol. The zero-order valence-electron chi connectivity index (χ0n) is 38.4. The fraction of sp³-hybridized carbons (Fsp3) is 0.550. The van der Waals surface area contributed by atoms with Gasteiger partial charge in [-0.3, -0.25) is 35.2 Å². The molecule has 0 spiro atoms. The number of aromatic nitrogens is 6. The van der Waals surface area contributed by atoms with Crippen LogP contribution in [0.5, 0.6) is 0 Å². The number of anilines is 3. The molecule has 0 aliphatic carbocycles. The van der Waals surface area contributed by atoms with Crippen LogP contribution in [0.15, 0.2) is 32.6 Å². The van der Waals surface area contributed by atoms with Crippen LogP contribution in [0.1, 0.15) is 68.4 Å². The van der Waals surface area contributed by atoms with Gasteiger partial charge in [0, 0.05) is 81.1 Å². The van der Waals surface area contributed by atoms with Gasteiger partial charge >= 0.3 is 36.4 Å². The molecule has 0 saturated carbocycles. The maximum absolute atomic E-state index is 12.3. The second kappa shape index (κ2) is 31.2. The van der Waals surface area contributed by atoms with Gasteiger partial charge in [0.1, 0.15) is 19.8 Å². The molecule has 0 aliphatic rings. The third-order valence-electron chi connectivity index (χ3n) is 9.05. The van der Waals surface area contributed by atoms with Gasteiger partial charge in [0.2, 0.25) is 17.8 Å². The highest BCUT2D eigenvalue weighted by Crippen LogP contribution is 2.02. The van der Waals surface area contributed by atoms with Gasteiger partial charge in [-0.05, 0) is 46.5 Å². The smallest absolute Gasteiger partial charge is 0.408 e. The molecule has 68 heavy (non-hydrogen) atoms. The molecule has 12 N–H and O–H groups in total. The lowest BCUT2D eigenvalue weighted by Crippen LogP contribution is -2.41. The van der Waals surface area contributed by atoms with Crippen LogP contribution in [0.4, 0.5) is 46.6 Å². The van der Waals surface area contributed by atoms with Gasteiger partial charge in [-0.15, -0.1) is 0 Å². The number of unbranched alkanes of at least 4 members (excludes halogenated alkanes) is 6. The molecule has 0 unspecified atom stereocenters. The zero-order chi connectivity index (χ0) is 49.5. The largest absolute Gasteiger partial charge is 0.448 e. The molecule has 28 heteroatoms. The molecular formula is C40H62N16O12. The van der Waals surface area contributed by atoms with Gasteiger partial charge in [-0.1, -0.05) is 25.7 Å². The van der Waals surface area contributed by atoms with Gasteiger partial charge in [0.25, 0.3) is 16.7 Å². The molecule has 3 rings (SSSR count). The number of hydrogen-bond acceptors (Lipinski definition) is 16. The molecule has 0 atom stereocenters.